The van der Waals surface area contributed by atoms with Gasteiger partial charge in [-0.25, -0.2) is 0 Å². The van der Waals surface area contributed by atoms with Gasteiger partial charge in [0.15, 0.2) is 0 Å². The maximum atomic E-state index is 9.86. The summed E-state index contributed by atoms with van der Waals surface area (Å²) in [5, 5.41) is 18.7. The number of aliphatic hydroxyl groups is 1. The summed E-state index contributed by atoms with van der Waals surface area (Å²) >= 11 is 0. The van der Waals surface area contributed by atoms with Crippen LogP contribution in [0.4, 0.5) is 0 Å². The summed E-state index contributed by atoms with van der Waals surface area (Å²) in [6, 6.07) is 16.5. The Morgan fingerprint density at radius 3 is 1.88 bits per heavy atom. The minimum absolute atomic E-state index is 0.282. The molecule has 4 aliphatic carbocycles. The third-order valence-electron chi connectivity index (χ3n) is 7.93. The molecule has 4 bridgehead atoms. The quantitative estimate of drug-likeness (QED) is 0.440. The van der Waals surface area contributed by atoms with Crippen molar-refractivity contribution in [2.75, 3.05) is 13.2 Å². The molecule has 0 saturated heterocycles. The van der Waals surface area contributed by atoms with E-state index in [1.54, 1.807) is 5.57 Å². The number of ether oxygens (including phenoxy) is 1. The SMILES string of the molecule is OCCCCCCOc1ccc(C(=C2C3C[C@H]4CC2C[C@H](C3)C4)c2ccc(O)cc2)cc1. The molecule has 0 spiro atoms. The van der Waals surface area contributed by atoms with Crippen LogP contribution in [-0.2, 0) is 0 Å². The second-order valence-corrected chi connectivity index (χ2v) is 10.2. The fourth-order valence-electron chi connectivity index (χ4n) is 6.70. The number of aliphatic hydroxyl groups excluding tert-OH is 1. The van der Waals surface area contributed by atoms with E-state index in [9.17, 15) is 5.11 Å². The van der Waals surface area contributed by atoms with E-state index in [1.807, 2.05) is 12.1 Å². The van der Waals surface area contributed by atoms with Gasteiger partial charge >= 0.3 is 0 Å². The summed E-state index contributed by atoms with van der Waals surface area (Å²) in [4.78, 5) is 0. The summed E-state index contributed by atoms with van der Waals surface area (Å²) in [6.07, 6.45) is 11.0. The van der Waals surface area contributed by atoms with E-state index in [0.717, 1.165) is 61.7 Å². The van der Waals surface area contributed by atoms with Gasteiger partial charge in [0, 0.05) is 6.61 Å². The van der Waals surface area contributed by atoms with Gasteiger partial charge in [0.25, 0.3) is 0 Å². The molecule has 4 fully saturated rings. The number of phenolic OH excluding ortho intramolecular Hbond substituents is 1. The highest BCUT2D eigenvalue weighted by molar-refractivity contribution is 5.83. The molecule has 0 atom stereocenters. The van der Waals surface area contributed by atoms with Crippen molar-refractivity contribution >= 4 is 5.57 Å². The lowest BCUT2D eigenvalue weighted by Crippen LogP contribution is -2.40. The predicted molar refractivity (Wildman–Crippen MR) is 129 cm³/mol. The average molecular weight is 433 g/mol. The van der Waals surface area contributed by atoms with Crippen LogP contribution in [0.5, 0.6) is 11.5 Å². The van der Waals surface area contributed by atoms with Crippen LogP contribution < -0.4 is 4.74 Å². The van der Waals surface area contributed by atoms with Gasteiger partial charge in [-0.15, -0.1) is 0 Å². The number of allylic oxidation sites excluding steroid dienone is 1. The molecule has 6 rings (SSSR count). The molecule has 4 saturated carbocycles. The zero-order chi connectivity index (χ0) is 21.9. The van der Waals surface area contributed by atoms with Crippen molar-refractivity contribution < 1.29 is 14.9 Å². The summed E-state index contributed by atoms with van der Waals surface area (Å²) in [7, 11) is 0. The number of phenols is 1. The van der Waals surface area contributed by atoms with E-state index in [-0.39, 0.29) is 6.61 Å². The lowest BCUT2D eigenvalue weighted by molar-refractivity contribution is 0.0705. The molecule has 0 heterocycles. The van der Waals surface area contributed by atoms with E-state index in [4.69, 9.17) is 9.84 Å². The first-order chi connectivity index (χ1) is 15.7. The molecule has 0 unspecified atom stereocenters. The molecular weight excluding hydrogens is 396 g/mol. The molecule has 0 aliphatic heterocycles. The Labute approximate surface area is 192 Å². The van der Waals surface area contributed by atoms with Crippen molar-refractivity contribution in [2.45, 2.75) is 57.8 Å². The lowest BCUT2D eigenvalue weighted by atomic mass is 9.53. The molecule has 0 radical (unpaired) electrons. The minimum atomic E-state index is 0.282. The van der Waals surface area contributed by atoms with Crippen LogP contribution in [0.2, 0.25) is 0 Å². The van der Waals surface area contributed by atoms with Crippen molar-refractivity contribution in [1.29, 1.82) is 0 Å². The van der Waals surface area contributed by atoms with E-state index < -0.39 is 0 Å². The van der Waals surface area contributed by atoms with Gasteiger partial charge in [-0.05, 0) is 116 Å². The van der Waals surface area contributed by atoms with E-state index >= 15 is 0 Å². The highest BCUT2D eigenvalue weighted by Gasteiger charge is 2.46. The van der Waals surface area contributed by atoms with Gasteiger partial charge in [0.05, 0.1) is 6.61 Å². The predicted octanol–water partition coefficient (Wildman–Crippen LogP) is 6.58. The molecule has 3 nitrogen and oxygen atoms in total. The number of aromatic hydroxyl groups is 1. The van der Waals surface area contributed by atoms with Crippen LogP contribution in [0.3, 0.4) is 0 Å². The molecule has 2 aromatic rings. The number of hydrogen-bond acceptors (Lipinski definition) is 3. The molecule has 2 aromatic carbocycles. The third-order valence-corrected chi connectivity index (χ3v) is 7.93. The van der Waals surface area contributed by atoms with E-state index in [2.05, 4.69) is 36.4 Å². The number of rotatable bonds is 9. The van der Waals surface area contributed by atoms with Crippen LogP contribution in [-0.4, -0.2) is 23.4 Å². The van der Waals surface area contributed by atoms with E-state index in [1.165, 1.54) is 48.8 Å². The number of hydrogen-bond donors (Lipinski definition) is 2. The summed E-state index contributed by atoms with van der Waals surface area (Å²) in [6.45, 7) is 1.01. The van der Waals surface area contributed by atoms with Gasteiger partial charge in [0.1, 0.15) is 11.5 Å². The topological polar surface area (TPSA) is 49.7 Å². The first-order valence-electron chi connectivity index (χ1n) is 12.6. The first kappa shape index (κ1) is 21.6. The van der Waals surface area contributed by atoms with Crippen molar-refractivity contribution in [3.63, 3.8) is 0 Å². The summed E-state index contributed by atoms with van der Waals surface area (Å²) in [5.74, 6) is 4.59. The smallest absolute Gasteiger partial charge is 0.119 e. The Kier molecular flexibility index (Phi) is 6.54. The second kappa shape index (κ2) is 9.70. The van der Waals surface area contributed by atoms with Crippen LogP contribution in [0.1, 0.15) is 68.9 Å². The molecule has 4 aliphatic rings. The lowest BCUT2D eigenvalue weighted by Gasteiger charge is -2.52. The van der Waals surface area contributed by atoms with E-state index in [0.29, 0.717) is 5.75 Å². The van der Waals surface area contributed by atoms with Gasteiger partial charge in [0.2, 0.25) is 0 Å². The normalized spacial score (nSPS) is 25.8. The molecule has 3 heteroatoms. The summed E-state index contributed by atoms with van der Waals surface area (Å²) < 4.78 is 5.97. The van der Waals surface area contributed by atoms with Crippen molar-refractivity contribution in [3.8, 4) is 11.5 Å². The maximum absolute atomic E-state index is 9.86. The Morgan fingerprint density at radius 2 is 1.28 bits per heavy atom. The standard InChI is InChI=1S/C29H36O3/c30-13-3-1-2-4-14-32-27-11-7-23(8-12-27)28(22-5-9-26(31)10-6-22)29-24-16-20-15-21(18-24)19-25(29)17-20/h5-12,20-21,24-25,30-31H,1-4,13-19H2/t20-,21-,24?,25?. The monoisotopic (exact) mass is 432 g/mol. The molecule has 0 aromatic heterocycles. The number of unbranched alkanes of at least 4 members (excludes halogenated alkanes) is 3. The van der Waals surface area contributed by atoms with Crippen LogP contribution in [0.15, 0.2) is 54.1 Å². The number of benzene rings is 2. The Morgan fingerprint density at radius 1 is 0.719 bits per heavy atom. The Bertz CT molecular complexity index is 896. The molecule has 32 heavy (non-hydrogen) atoms. The molecule has 0 amide bonds. The third kappa shape index (κ3) is 4.59. The van der Waals surface area contributed by atoms with Gasteiger partial charge in [-0.3, -0.25) is 0 Å². The van der Waals surface area contributed by atoms with Crippen LogP contribution in [0.25, 0.3) is 5.57 Å². The maximum Gasteiger partial charge on any atom is 0.119 e. The van der Waals surface area contributed by atoms with Crippen LogP contribution >= 0.6 is 0 Å². The average Bonchev–Trinajstić information content (AvgIpc) is 2.80. The fraction of sp³-hybridized carbons (Fsp3) is 0.517. The Balaban J connectivity index is 1.39. The zero-order valence-corrected chi connectivity index (χ0v) is 19.0. The van der Waals surface area contributed by atoms with Crippen molar-refractivity contribution in [2.24, 2.45) is 23.7 Å². The van der Waals surface area contributed by atoms with Gasteiger partial charge < -0.3 is 14.9 Å². The molecule has 170 valence electrons. The molecule has 2 N–H and O–H groups in total. The first-order valence-corrected chi connectivity index (χ1v) is 12.6. The van der Waals surface area contributed by atoms with Crippen LogP contribution in [0, 0.1) is 23.7 Å². The highest BCUT2D eigenvalue weighted by Crippen LogP contribution is 2.58. The highest BCUT2D eigenvalue weighted by atomic mass is 16.5. The van der Waals surface area contributed by atoms with Gasteiger partial charge in [-0.2, -0.15) is 0 Å². The van der Waals surface area contributed by atoms with Crippen molar-refractivity contribution in [1.82, 2.24) is 0 Å². The second-order valence-electron chi connectivity index (χ2n) is 10.2. The largest absolute Gasteiger partial charge is 0.508 e. The zero-order valence-electron chi connectivity index (χ0n) is 19.0. The minimum Gasteiger partial charge on any atom is -0.508 e. The van der Waals surface area contributed by atoms with Gasteiger partial charge in [-0.1, -0.05) is 36.3 Å². The molecular formula is C29H36O3. The fourth-order valence-corrected chi connectivity index (χ4v) is 6.70. The van der Waals surface area contributed by atoms with Crippen molar-refractivity contribution in [3.05, 3.63) is 65.2 Å². The Hall–Kier alpha value is -2.26. The summed E-state index contributed by atoms with van der Waals surface area (Å²) in [5.41, 5.74) is 5.58.